The van der Waals surface area contributed by atoms with Gasteiger partial charge in [0.1, 0.15) is 11.7 Å². The summed E-state index contributed by atoms with van der Waals surface area (Å²) in [7, 11) is 0. The first-order valence-corrected chi connectivity index (χ1v) is 10.4. The van der Waals surface area contributed by atoms with Gasteiger partial charge >= 0.3 is 5.97 Å². The number of carbonyl (C=O) groups is 1. The summed E-state index contributed by atoms with van der Waals surface area (Å²) in [5.41, 5.74) is 3.74. The number of ether oxygens (including phenoxy) is 2. The first-order chi connectivity index (χ1) is 14.7. The molecular weight excluding hydrogens is 376 g/mol. The third-order valence-corrected chi connectivity index (χ3v) is 6.25. The maximum absolute atomic E-state index is 12.5. The van der Waals surface area contributed by atoms with E-state index >= 15 is 0 Å². The second kappa shape index (κ2) is 6.61. The zero-order valence-electron chi connectivity index (χ0n) is 16.5. The molecule has 1 spiro atoms. The topological polar surface area (TPSA) is 59.5 Å². The van der Waals surface area contributed by atoms with Gasteiger partial charge in [0.15, 0.2) is 0 Å². The van der Waals surface area contributed by atoms with E-state index in [1.807, 2.05) is 18.2 Å². The molecule has 1 aliphatic carbocycles. The molecule has 0 unspecified atom stereocenters. The Morgan fingerprint density at radius 2 is 1.83 bits per heavy atom. The summed E-state index contributed by atoms with van der Waals surface area (Å²) in [6.07, 6.45) is 1.39. The highest BCUT2D eigenvalue weighted by Gasteiger charge is 2.55. The largest absolute Gasteiger partial charge is 0.452 e. The van der Waals surface area contributed by atoms with E-state index in [1.165, 1.54) is 16.3 Å². The fourth-order valence-electron chi connectivity index (χ4n) is 4.59. The molecule has 3 aromatic carbocycles. The van der Waals surface area contributed by atoms with Gasteiger partial charge in [-0.2, -0.15) is 0 Å². The number of H-pyrrole nitrogens is 1. The normalized spacial score (nSPS) is 22.2. The van der Waals surface area contributed by atoms with Crippen LogP contribution < -0.4 is 0 Å². The SMILES string of the molecule is O=C(O[C@@H]1CC[C@]2(CO2)c2c1[nH]n2Cc1ccc2ccccc2c1)c1ccccc1. The van der Waals surface area contributed by atoms with Crippen molar-refractivity contribution in [2.45, 2.75) is 31.1 Å². The molecule has 30 heavy (non-hydrogen) atoms. The highest BCUT2D eigenvalue weighted by molar-refractivity contribution is 5.89. The van der Waals surface area contributed by atoms with Gasteiger partial charge in [0, 0.05) is 0 Å². The smallest absolute Gasteiger partial charge is 0.338 e. The predicted octanol–water partition coefficient (Wildman–Crippen LogP) is 4.94. The molecule has 150 valence electrons. The molecule has 1 fully saturated rings. The van der Waals surface area contributed by atoms with Gasteiger partial charge in [-0.1, -0.05) is 54.6 Å². The number of nitrogens with one attached hydrogen (secondary N) is 1. The van der Waals surface area contributed by atoms with Crippen LogP contribution in [0, 0.1) is 0 Å². The number of epoxide rings is 1. The lowest BCUT2D eigenvalue weighted by Gasteiger charge is -2.36. The monoisotopic (exact) mass is 398 g/mol. The summed E-state index contributed by atoms with van der Waals surface area (Å²) < 4.78 is 13.9. The van der Waals surface area contributed by atoms with E-state index in [2.05, 4.69) is 52.2 Å². The molecule has 1 aliphatic heterocycles. The Morgan fingerprint density at radius 1 is 1.07 bits per heavy atom. The Kier molecular flexibility index (Phi) is 3.86. The summed E-state index contributed by atoms with van der Waals surface area (Å²) in [5, 5.41) is 5.91. The van der Waals surface area contributed by atoms with Crippen LogP contribution in [0.15, 0.2) is 72.8 Å². The van der Waals surface area contributed by atoms with Crippen LogP contribution in [0.4, 0.5) is 0 Å². The molecule has 0 amide bonds. The molecule has 6 rings (SSSR count). The van der Waals surface area contributed by atoms with Crippen LogP contribution in [-0.2, 0) is 21.6 Å². The molecule has 2 heterocycles. The number of hydrogen-bond acceptors (Lipinski definition) is 3. The molecule has 5 nitrogen and oxygen atoms in total. The number of rotatable bonds is 4. The number of aromatic nitrogens is 2. The second-order valence-corrected chi connectivity index (χ2v) is 8.22. The van der Waals surface area contributed by atoms with E-state index in [9.17, 15) is 4.79 Å². The first kappa shape index (κ1) is 17.5. The third kappa shape index (κ3) is 2.85. The van der Waals surface area contributed by atoms with Gasteiger partial charge in [-0.3, -0.25) is 9.78 Å². The fraction of sp³-hybridized carbons (Fsp3) is 0.240. The van der Waals surface area contributed by atoms with Crippen LogP contribution in [0.2, 0.25) is 0 Å². The fourth-order valence-corrected chi connectivity index (χ4v) is 4.59. The zero-order chi connectivity index (χ0) is 20.1. The number of esters is 1. The highest BCUT2D eigenvalue weighted by atomic mass is 16.6. The molecule has 0 bridgehead atoms. The number of carbonyl (C=O) groups excluding carboxylic acids is 1. The van der Waals surface area contributed by atoms with Gasteiger partial charge in [-0.15, -0.1) is 0 Å². The number of nitrogens with zero attached hydrogens (tertiary/aromatic N) is 1. The Hall–Kier alpha value is -3.31. The molecular formula is C25H22N2O3. The summed E-state index contributed by atoms with van der Waals surface area (Å²) >= 11 is 0. The minimum absolute atomic E-state index is 0.201. The summed E-state index contributed by atoms with van der Waals surface area (Å²) in [4.78, 5) is 12.5. The molecule has 1 aromatic heterocycles. The predicted molar refractivity (Wildman–Crippen MR) is 113 cm³/mol. The molecule has 0 radical (unpaired) electrons. The Morgan fingerprint density at radius 3 is 2.63 bits per heavy atom. The maximum Gasteiger partial charge on any atom is 0.338 e. The molecule has 4 aromatic rings. The van der Waals surface area contributed by atoms with E-state index in [4.69, 9.17) is 9.47 Å². The van der Waals surface area contributed by atoms with Gasteiger partial charge in [-0.05, 0) is 47.4 Å². The lowest BCUT2D eigenvalue weighted by atomic mass is 9.86. The van der Waals surface area contributed by atoms with Crippen molar-refractivity contribution in [2.75, 3.05) is 6.61 Å². The van der Waals surface area contributed by atoms with Crippen LogP contribution in [0.25, 0.3) is 10.8 Å². The standard InChI is InChI=1S/C25H22N2O3/c28-24(19-7-2-1-3-8-19)30-21-12-13-25(16-29-25)23-22(21)26-27(23)15-17-10-11-18-6-4-5-9-20(18)14-17/h1-11,14,21,26H,12-13,15-16H2/t21-,25+/m1/s1. The third-order valence-electron chi connectivity index (χ3n) is 6.25. The van der Waals surface area contributed by atoms with E-state index in [-0.39, 0.29) is 17.7 Å². The maximum atomic E-state index is 12.5. The van der Waals surface area contributed by atoms with Gasteiger partial charge in [0.25, 0.3) is 0 Å². The van der Waals surface area contributed by atoms with Crippen molar-refractivity contribution in [3.63, 3.8) is 0 Å². The molecule has 2 aliphatic rings. The van der Waals surface area contributed by atoms with Gasteiger partial charge in [0.05, 0.1) is 30.1 Å². The van der Waals surface area contributed by atoms with Crippen LogP contribution in [0.3, 0.4) is 0 Å². The van der Waals surface area contributed by atoms with Crippen molar-refractivity contribution in [2.24, 2.45) is 0 Å². The van der Waals surface area contributed by atoms with Crippen molar-refractivity contribution in [1.82, 2.24) is 9.78 Å². The molecule has 1 N–H and O–H groups in total. The minimum Gasteiger partial charge on any atom is -0.452 e. The van der Waals surface area contributed by atoms with Crippen LogP contribution in [0.5, 0.6) is 0 Å². The van der Waals surface area contributed by atoms with E-state index in [1.54, 1.807) is 12.1 Å². The number of fused-ring (bicyclic) bond motifs is 3. The Balaban J connectivity index is 1.27. The van der Waals surface area contributed by atoms with Crippen molar-refractivity contribution < 1.29 is 14.3 Å². The number of hydrogen-bond donors (Lipinski definition) is 1. The van der Waals surface area contributed by atoms with Gasteiger partial charge in [0.2, 0.25) is 0 Å². The summed E-state index contributed by atoms with van der Waals surface area (Å²) in [5.74, 6) is -0.283. The summed E-state index contributed by atoms with van der Waals surface area (Å²) in [6.45, 7) is 1.48. The average Bonchev–Trinajstić information content (AvgIpc) is 3.53. The zero-order valence-corrected chi connectivity index (χ0v) is 16.5. The van der Waals surface area contributed by atoms with Crippen LogP contribution in [0.1, 0.15) is 46.3 Å². The lowest BCUT2D eigenvalue weighted by molar-refractivity contribution is 0.0163. The molecule has 1 saturated heterocycles. The molecule has 5 heteroatoms. The van der Waals surface area contributed by atoms with E-state index in [0.717, 1.165) is 37.4 Å². The van der Waals surface area contributed by atoms with E-state index in [0.29, 0.717) is 5.56 Å². The Labute approximate surface area is 174 Å². The molecule has 2 atom stereocenters. The van der Waals surface area contributed by atoms with E-state index < -0.39 is 0 Å². The Bertz CT molecular complexity index is 1230. The molecule has 0 saturated carbocycles. The van der Waals surface area contributed by atoms with Crippen molar-refractivity contribution in [3.8, 4) is 0 Å². The first-order valence-electron chi connectivity index (χ1n) is 10.4. The summed E-state index contributed by atoms with van der Waals surface area (Å²) in [6, 6.07) is 24.1. The lowest BCUT2D eigenvalue weighted by Crippen LogP contribution is -2.36. The number of aromatic amines is 1. The van der Waals surface area contributed by atoms with Crippen molar-refractivity contribution in [3.05, 3.63) is 95.3 Å². The quantitative estimate of drug-likeness (QED) is 0.391. The minimum atomic E-state index is -0.283. The van der Waals surface area contributed by atoms with Crippen LogP contribution in [-0.4, -0.2) is 22.4 Å². The van der Waals surface area contributed by atoms with Crippen molar-refractivity contribution >= 4 is 16.7 Å². The highest BCUT2D eigenvalue weighted by Crippen LogP contribution is 2.52. The number of benzene rings is 3. The van der Waals surface area contributed by atoms with Gasteiger partial charge < -0.3 is 9.47 Å². The second-order valence-electron chi connectivity index (χ2n) is 8.22. The van der Waals surface area contributed by atoms with Gasteiger partial charge in [-0.25, -0.2) is 4.79 Å². The van der Waals surface area contributed by atoms with Crippen molar-refractivity contribution in [1.29, 1.82) is 0 Å². The van der Waals surface area contributed by atoms with Crippen LogP contribution >= 0.6 is 0 Å². The average molecular weight is 398 g/mol.